The van der Waals surface area contributed by atoms with Crippen molar-refractivity contribution in [2.75, 3.05) is 24.5 Å². The van der Waals surface area contributed by atoms with Gasteiger partial charge in [-0.2, -0.15) is 0 Å². The molecule has 0 spiro atoms. The fraction of sp³-hybridized carbons (Fsp3) is 0.625. The van der Waals surface area contributed by atoms with Gasteiger partial charge in [-0.3, -0.25) is 0 Å². The van der Waals surface area contributed by atoms with Crippen molar-refractivity contribution in [2.45, 2.75) is 45.2 Å². The Bertz CT molecular complexity index is 653. The number of likely N-dealkylation sites (tertiary alicyclic amines) is 1. The van der Waals surface area contributed by atoms with Crippen LogP contribution in [0.5, 0.6) is 0 Å². The molecule has 0 radical (unpaired) electrons. The minimum atomic E-state index is 0.623. The zero-order chi connectivity index (χ0) is 14.4. The van der Waals surface area contributed by atoms with Crippen LogP contribution in [0.1, 0.15) is 31.7 Å². The average Bonchev–Trinajstić information content (AvgIpc) is 3.00. The number of rotatable bonds is 2. The maximum absolute atomic E-state index is 4.68. The summed E-state index contributed by atoms with van der Waals surface area (Å²) in [6, 6.07) is 1.28. The second-order valence-electron chi connectivity index (χ2n) is 6.27. The Hall–Kier alpha value is -1.20. The Labute approximate surface area is 129 Å². The van der Waals surface area contributed by atoms with Crippen molar-refractivity contribution in [3.63, 3.8) is 0 Å². The van der Waals surface area contributed by atoms with Crippen molar-refractivity contribution in [1.82, 2.24) is 14.9 Å². The lowest BCUT2D eigenvalue weighted by atomic mass is 10.1. The second kappa shape index (κ2) is 5.21. The van der Waals surface area contributed by atoms with E-state index in [4.69, 9.17) is 0 Å². The van der Waals surface area contributed by atoms with Crippen LogP contribution in [0.15, 0.2) is 11.7 Å². The molecule has 0 amide bonds. The van der Waals surface area contributed by atoms with Crippen LogP contribution in [0.4, 0.5) is 5.82 Å². The van der Waals surface area contributed by atoms with Crippen LogP contribution in [0.3, 0.4) is 0 Å². The normalized spacial score (nSPS) is 26.5. The minimum Gasteiger partial charge on any atom is -0.348 e. The van der Waals surface area contributed by atoms with Gasteiger partial charge in [0.2, 0.25) is 0 Å². The third-order valence-electron chi connectivity index (χ3n) is 5.07. The first kappa shape index (κ1) is 13.5. The molecule has 112 valence electrons. The topological polar surface area (TPSA) is 32.3 Å². The van der Waals surface area contributed by atoms with Gasteiger partial charge in [-0.05, 0) is 43.7 Å². The maximum atomic E-state index is 4.68. The van der Waals surface area contributed by atoms with Crippen LogP contribution in [0, 0.1) is 6.92 Å². The molecule has 2 fully saturated rings. The molecule has 5 heteroatoms. The number of aromatic nitrogens is 2. The van der Waals surface area contributed by atoms with Gasteiger partial charge in [0.15, 0.2) is 5.82 Å². The molecule has 4 rings (SSSR count). The molecule has 2 aliphatic rings. The van der Waals surface area contributed by atoms with Gasteiger partial charge in [-0.25, -0.2) is 9.97 Å². The highest BCUT2D eigenvalue weighted by molar-refractivity contribution is 7.18. The number of hydrogen-bond donors (Lipinski definition) is 0. The number of aryl methyl sites for hydroxylation is 1. The second-order valence-corrected chi connectivity index (χ2v) is 7.15. The van der Waals surface area contributed by atoms with E-state index >= 15 is 0 Å². The molecule has 2 aromatic heterocycles. The third kappa shape index (κ3) is 2.14. The molecule has 0 aromatic carbocycles. The highest BCUT2D eigenvalue weighted by Gasteiger charge is 2.38. The Morgan fingerprint density at radius 1 is 1.24 bits per heavy atom. The van der Waals surface area contributed by atoms with E-state index in [1.165, 1.54) is 48.4 Å². The molecule has 0 N–H and O–H groups in total. The fourth-order valence-electron chi connectivity index (χ4n) is 3.92. The lowest BCUT2D eigenvalue weighted by Gasteiger charge is -2.30. The van der Waals surface area contributed by atoms with Crippen LogP contribution in [-0.4, -0.2) is 46.6 Å². The molecule has 2 aliphatic heterocycles. The summed E-state index contributed by atoms with van der Waals surface area (Å²) in [7, 11) is 0. The number of hydrogen-bond acceptors (Lipinski definition) is 5. The molecule has 2 atom stereocenters. The van der Waals surface area contributed by atoms with Crippen LogP contribution in [0.25, 0.3) is 10.2 Å². The number of likely N-dealkylation sites (N-methyl/N-ethyl adjacent to an activating group) is 1. The molecule has 4 nitrogen and oxygen atoms in total. The molecule has 2 saturated heterocycles. The smallest absolute Gasteiger partial charge is 0.150 e. The van der Waals surface area contributed by atoms with Gasteiger partial charge >= 0.3 is 0 Å². The van der Waals surface area contributed by atoms with E-state index in [1.807, 2.05) is 0 Å². The van der Waals surface area contributed by atoms with E-state index in [9.17, 15) is 0 Å². The summed E-state index contributed by atoms with van der Waals surface area (Å²) < 4.78 is 1.27. The van der Waals surface area contributed by atoms with E-state index < -0.39 is 0 Å². The summed E-state index contributed by atoms with van der Waals surface area (Å²) in [5, 5.41) is 2.21. The zero-order valence-corrected chi connectivity index (χ0v) is 13.6. The lowest BCUT2D eigenvalue weighted by molar-refractivity contribution is 0.273. The lowest BCUT2D eigenvalue weighted by Crippen LogP contribution is -2.39. The molecule has 0 saturated carbocycles. The van der Waals surface area contributed by atoms with Gasteiger partial charge in [0, 0.05) is 25.2 Å². The van der Waals surface area contributed by atoms with E-state index in [2.05, 4.69) is 39.0 Å². The van der Waals surface area contributed by atoms with Gasteiger partial charge in [0.1, 0.15) is 6.33 Å². The van der Waals surface area contributed by atoms with Crippen molar-refractivity contribution in [3.8, 4) is 0 Å². The molecular weight excluding hydrogens is 280 g/mol. The van der Waals surface area contributed by atoms with E-state index in [0.717, 1.165) is 12.1 Å². The zero-order valence-electron chi connectivity index (χ0n) is 12.7. The van der Waals surface area contributed by atoms with Crippen LogP contribution < -0.4 is 4.90 Å². The van der Waals surface area contributed by atoms with E-state index in [0.29, 0.717) is 12.1 Å². The van der Waals surface area contributed by atoms with Crippen molar-refractivity contribution in [1.29, 1.82) is 0 Å². The van der Waals surface area contributed by atoms with Crippen molar-refractivity contribution in [3.05, 3.63) is 17.3 Å². The highest BCUT2D eigenvalue weighted by Crippen LogP contribution is 2.39. The average molecular weight is 302 g/mol. The van der Waals surface area contributed by atoms with Gasteiger partial charge < -0.3 is 9.80 Å². The first-order valence-electron chi connectivity index (χ1n) is 7.97. The monoisotopic (exact) mass is 302 g/mol. The number of nitrogens with zero attached hydrogens (tertiary/aromatic N) is 4. The Balaban J connectivity index is 1.77. The summed E-state index contributed by atoms with van der Waals surface area (Å²) in [4.78, 5) is 14.4. The predicted molar refractivity (Wildman–Crippen MR) is 88.2 cm³/mol. The van der Waals surface area contributed by atoms with Crippen LogP contribution in [0.2, 0.25) is 0 Å². The molecule has 0 aliphatic carbocycles. The molecule has 2 aromatic rings. The number of thiophene rings is 1. The van der Waals surface area contributed by atoms with Crippen LogP contribution >= 0.6 is 11.3 Å². The Morgan fingerprint density at radius 2 is 2.10 bits per heavy atom. The van der Waals surface area contributed by atoms with Gasteiger partial charge in [0.05, 0.1) is 10.2 Å². The quantitative estimate of drug-likeness (QED) is 0.853. The van der Waals surface area contributed by atoms with Crippen molar-refractivity contribution in [2.24, 2.45) is 0 Å². The molecule has 21 heavy (non-hydrogen) atoms. The van der Waals surface area contributed by atoms with Crippen LogP contribution in [-0.2, 0) is 0 Å². The first-order chi connectivity index (χ1) is 10.3. The largest absolute Gasteiger partial charge is 0.348 e. The highest BCUT2D eigenvalue weighted by atomic mass is 32.1. The Morgan fingerprint density at radius 3 is 2.95 bits per heavy atom. The molecular formula is C16H22N4S. The molecule has 2 bridgehead atoms. The summed E-state index contributed by atoms with van der Waals surface area (Å²) in [6.45, 7) is 7.99. The van der Waals surface area contributed by atoms with E-state index in [-0.39, 0.29) is 0 Å². The van der Waals surface area contributed by atoms with Crippen molar-refractivity contribution < 1.29 is 0 Å². The summed E-state index contributed by atoms with van der Waals surface area (Å²) >= 11 is 1.80. The summed E-state index contributed by atoms with van der Waals surface area (Å²) in [5.41, 5.74) is 2.41. The van der Waals surface area contributed by atoms with Gasteiger partial charge in [-0.15, -0.1) is 11.3 Å². The summed E-state index contributed by atoms with van der Waals surface area (Å²) in [6.07, 6.45) is 5.63. The SMILES string of the molecule is CCN1CCC2CCC(C1)N2c1ncnc2c(C)csc12. The minimum absolute atomic E-state index is 0.623. The predicted octanol–water partition coefficient (Wildman–Crippen LogP) is 3.06. The molecule has 2 unspecified atom stereocenters. The number of anilines is 1. The Kier molecular flexibility index (Phi) is 3.34. The number of fused-ring (bicyclic) bond motifs is 3. The van der Waals surface area contributed by atoms with Crippen molar-refractivity contribution >= 4 is 27.4 Å². The maximum Gasteiger partial charge on any atom is 0.150 e. The molecule has 4 heterocycles. The standard InChI is InChI=1S/C16H22N4S/c1-3-19-7-6-12-4-5-13(8-19)20(12)16-15-14(17-10-18-16)11(2)9-21-15/h9-10,12-13H,3-8H2,1-2H3. The first-order valence-corrected chi connectivity index (χ1v) is 8.85. The third-order valence-corrected chi connectivity index (χ3v) is 6.15. The fourth-order valence-corrected chi connectivity index (χ4v) is 4.91. The van der Waals surface area contributed by atoms with E-state index in [1.54, 1.807) is 17.7 Å². The summed E-state index contributed by atoms with van der Waals surface area (Å²) in [5.74, 6) is 1.18. The van der Waals surface area contributed by atoms with Gasteiger partial charge in [-0.1, -0.05) is 6.92 Å². The van der Waals surface area contributed by atoms with Gasteiger partial charge in [0.25, 0.3) is 0 Å².